The third kappa shape index (κ3) is 7.71. The van der Waals surface area contributed by atoms with Crippen LogP contribution in [0.15, 0.2) is 35.1 Å². The molecule has 0 bridgehead atoms. The van der Waals surface area contributed by atoms with Crippen molar-refractivity contribution in [1.29, 1.82) is 0 Å². The van der Waals surface area contributed by atoms with Gasteiger partial charge in [0.1, 0.15) is 5.75 Å². The Morgan fingerprint density at radius 3 is 2.43 bits per heavy atom. The molecule has 1 saturated carbocycles. The second kappa shape index (κ2) is 12.9. The second-order valence-corrected chi connectivity index (χ2v) is 10.2. The first-order valence-corrected chi connectivity index (χ1v) is 13.0. The summed E-state index contributed by atoms with van der Waals surface area (Å²) in [6.45, 7) is 1.98. The van der Waals surface area contributed by atoms with Gasteiger partial charge < -0.3 is 20.3 Å². The number of phenolic OH excluding ortho intramolecular Hbond substituents is 1. The van der Waals surface area contributed by atoms with Crippen molar-refractivity contribution in [3.63, 3.8) is 0 Å². The second-order valence-electron chi connectivity index (χ2n) is 9.74. The van der Waals surface area contributed by atoms with Gasteiger partial charge in [0.25, 0.3) is 11.5 Å². The van der Waals surface area contributed by atoms with E-state index in [0.29, 0.717) is 28.1 Å². The lowest BCUT2D eigenvalue weighted by Gasteiger charge is -2.27. The number of nitrogens with one attached hydrogen (secondary N) is 2. The smallest absolute Gasteiger partial charge is 0.253 e. The van der Waals surface area contributed by atoms with Gasteiger partial charge in [0.05, 0.1) is 0 Å². The van der Waals surface area contributed by atoms with E-state index in [4.69, 9.17) is 11.6 Å². The molecule has 4 rings (SSSR count). The van der Waals surface area contributed by atoms with Crippen LogP contribution in [-0.4, -0.2) is 41.0 Å². The maximum absolute atomic E-state index is 12.7. The van der Waals surface area contributed by atoms with E-state index in [-0.39, 0.29) is 23.8 Å². The van der Waals surface area contributed by atoms with Crippen LogP contribution in [0.4, 0.5) is 0 Å². The summed E-state index contributed by atoms with van der Waals surface area (Å²) in [6.07, 6.45) is 14.2. The quantitative estimate of drug-likeness (QED) is 0.465. The molecule has 35 heavy (non-hydrogen) atoms. The number of carbonyl (C=O) groups excluding carboxylic acids is 1. The Bertz CT molecular complexity index is 1100. The van der Waals surface area contributed by atoms with Gasteiger partial charge in [-0.25, -0.2) is 0 Å². The Balaban J connectivity index is 0.000000320. The maximum Gasteiger partial charge on any atom is 0.253 e. The number of benzene rings is 1. The van der Waals surface area contributed by atoms with Crippen LogP contribution in [0.25, 0.3) is 0 Å². The van der Waals surface area contributed by atoms with Crippen molar-refractivity contribution in [2.24, 2.45) is 0 Å². The van der Waals surface area contributed by atoms with Gasteiger partial charge in [0.15, 0.2) is 0 Å². The van der Waals surface area contributed by atoms with Crippen molar-refractivity contribution in [3.05, 3.63) is 73.7 Å². The summed E-state index contributed by atoms with van der Waals surface area (Å²) in [7, 11) is 4.38. The lowest BCUT2D eigenvalue weighted by Crippen LogP contribution is -2.29. The number of aryl methyl sites for hydroxylation is 2. The highest BCUT2D eigenvalue weighted by Crippen LogP contribution is 2.28. The van der Waals surface area contributed by atoms with E-state index >= 15 is 0 Å². The maximum atomic E-state index is 12.7. The zero-order valence-electron chi connectivity index (χ0n) is 21.1. The highest BCUT2D eigenvalue weighted by atomic mass is 35.5. The third-order valence-corrected chi connectivity index (χ3v) is 7.05. The van der Waals surface area contributed by atoms with Gasteiger partial charge in [-0.05, 0) is 83.3 Å². The molecule has 1 aromatic carbocycles. The normalized spacial score (nSPS) is 18.0. The van der Waals surface area contributed by atoms with E-state index in [9.17, 15) is 14.7 Å². The Kier molecular flexibility index (Phi) is 9.99. The number of H-pyrrole nitrogens is 1. The van der Waals surface area contributed by atoms with Gasteiger partial charge in [0.2, 0.25) is 0 Å². The number of halogens is 1. The van der Waals surface area contributed by atoms with Gasteiger partial charge in [-0.2, -0.15) is 0 Å². The molecule has 1 aromatic heterocycles. The highest BCUT2D eigenvalue weighted by molar-refractivity contribution is 6.31. The summed E-state index contributed by atoms with van der Waals surface area (Å²) < 4.78 is 0. The van der Waals surface area contributed by atoms with Crippen molar-refractivity contribution in [3.8, 4) is 5.75 Å². The summed E-state index contributed by atoms with van der Waals surface area (Å²) in [5.74, 6) is -0.368. The van der Waals surface area contributed by atoms with Crippen LogP contribution in [0.3, 0.4) is 0 Å². The summed E-state index contributed by atoms with van der Waals surface area (Å²) in [4.78, 5) is 30.2. The fraction of sp³-hybridized carbons (Fsp3) is 0.500. The SMILES string of the molecule is CN(C)C1CCCCC1.Cc1cc2c(c(=O)[nH]1)CNC(=O)c1cc(Cl)cc(O)c1C/C=C/CCC2. The number of allylic oxidation sites excluding steroid dienone is 2. The molecule has 2 aliphatic rings. The van der Waals surface area contributed by atoms with Crippen molar-refractivity contribution in [2.75, 3.05) is 14.1 Å². The number of amides is 1. The monoisotopic (exact) mass is 499 g/mol. The summed E-state index contributed by atoms with van der Waals surface area (Å²) >= 11 is 6.01. The predicted octanol–water partition coefficient (Wildman–Crippen LogP) is 5.29. The van der Waals surface area contributed by atoms with Crippen molar-refractivity contribution < 1.29 is 9.90 Å². The van der Waals surface area contributed by atoms with Crippen LogP contribution in [0, 0.1) is 6.92 Å². The number of rotatable bonds is 1. The average Bonchev–Trinajstić information content (AvgIpc) is 2.82. The molecular weight excluding hydrogens is 462 g/mol. The number of aromatic amines is 1. The number of fused-ring (bicyclic) bond motifs is 2. The molecule has 2 heterocycles. The van der Waals surface area contributed by atoms with Gasteiger partial charge in [-0.3, -0.25) is 9.59 Å². The molecule has 0 radical (unpaired) electrons. The van der Waals surface area contributed by atoms with Crippen LogP contribution in [0.1, 0.15) is 77.7 Å². The third-order valence-electron chi connectivity index (χ3n) is 6.84. The van der Waals surface area contributed by atoms with Gasteiger partial charge in [-0.1, -0.05) is 43.0 Å². The fourth-order valence-electron chi connectivity index (χ4n) is 4.83. The first-order valence-electron chi connectivity index (χ1n) is 12.6. The average molecular weight is 500 g/mol. The molecule has 6 nitrogen and oxygen atoms in total. The Labute approximate surface area is 213 Å². The minimum Gasteiger partial charge on any atom is -0.508 e. The standard InChI is InChI=1S/C20H21ClN2O3.C8H17N/c1-12-8-13-6-4-2-3-5-7-15-16(9-14(21)10-18(15)24)19(25)22-11-17(13)20(26)23-12;1-9(2)8-6-4-3-5-7-8/h3,5,8-10,24H,2,4,6-7,11H2,1H3,(H,22,25)(H,23,26);8H,3-7H2,1-2H3/b5-3+;. The molecule has 1 fully saturated rings. The lowest BCUT2D eigenvalue weighted by atomic mass is 9.95. The van der Waals surface area contributed by atoms with Crippen LogP contribution in [-0.2, 0) is 19.4 Å². The number of phenols is 1. The minimum atomic E-state index is -0.364. The molecular formula is C28H38ClN3O3. The summed E-state index contributed by atoms with van der Waals surface area (Å²) in [5, 5.41) is 13.3. The topological polar surface area (TPSA) is 85.4 Å². The molecule has 1 aliphatic heterocycles. The van der Waals surface area contributed by atoms with Crippen LogP contribution < -0.4 is 10.9 Å². The van der Waals surface area contributed by atoms with E-state index in [2.05, 4.69) is 29.3 Å². The summed E-state index contributed by atoms with van der Waals surface area (Å²) in [5.41, 5.74) is 3.00. The Hall–Kier alpha value is -2.57. The Morgan fingerprint density at radius 2 is 1.74 bits per heavy atom. The minimum absolute atomic E-state index is 0.00366. The van der Waals surface area contributed by atoms with Crippen LogP contribution in [0.2, 0.25) is 5.02 Å². The van der Waals surface area contributed by atoms with E-state index in [1.54, 1.807) is 6.07 Å². The van der Waals surface area contributed by atoms with Gasteiger partial charge >= 0.3 is 0 Å². The number of nitrogens with zero attached hydrogens (tertiary/aromatic N) is 1. The zero-order chi connectivity index (χ0) is 25.4. The van der Waals surface area contributed by atoms with Crippen LogP contribution >= 0.6 is 11.6 Å². The van der Waals surface area contributed by atoms with E-state index < -0.39 is 0 Å². The number of hydrogen-bond donors (Lipinski definition) is 3. The molecule has 3 N–H and O–H groups in total. The molecule has 0 saturated heterocycles. The Morgan fingerprint density at radius 1 is 1.00 bits per heavy atom. The molecule has 7 heteroatoms. The predicted molar refractivity (Wildman–Crippen MR) is 142 cm³/mol. The van der Waals surface area contributed by atoms with Crippen molar-refractivity contribution >= 4 is 17.5 Å². The fourth-order valence-corrected chi connectivity index (χ4v) is 5.04. The molecule has 1 aliphatic carbocycles. The van der Waals surface area contributed by atoms with E-state index in [0.717, 1.165) is 36.6 Å². The van der Waals surface area contributed by atoms with E-state index in [1.807, 2.05) is 25.1 Å². The summed E-state index contributed by atoms with van der Waals surface area (Å²) in [6, 6.07) is 5.82. The largest absolute Gasteiger partial charge is 0.508 e. The van der Waals surface area contributed by atoms with Crippen molar-refractivity contribution in [1.82, 2.24) is 15.2 Å². The molecule has 1 amide bonds. The molecule has 0 unspecified atom stereocenters. The lowest BCUT2D eigenvalue weighted by molar-refractivity contribution is 0.0949. The molecule has 0 atom stereocenters. The zero-order valence-corrected chi connectivity index (χ0v) is 21.9. The number of aromatic hydroxyl groups is 1. The number of pyridine rings is 1. The highest BCUT2D eigenvalue weighted by Gasteiger charge is 2.18. The first kappa shape index (κ1) is 27.0. The molecule has 2 aromatic rings. The number of aromatic nitrogens is 1. The molecule has 0 spiro atoms. The first-order chi connectivity index (χ1) is 16.8. The van der Waals surface area contributed by atoms with E-state index in [1.165, 1.54) is 38.2 Å². The van der Waals surface area contributed by atoms with Crippen molar-refractivity contribution in [2.45, 2.75) is 77.3 Å². The van der Waals surface area contributed by atoms with Gasteiger partial charge in [0, 0.05) is 40.0 Å². The number of carbonyl (C=O) groups is 1. The number of hydrogen-bond acceptors (Lipinski definition) is 4. The molecule has 190 valence electrons. The van der Waals surface area contributed by atoms with Gasteiger partial charge in [-0.15, -0.1) is 0 Å². The van der Waals surface area contributed by atoms with Crippen LogP contribution in [0.5, 0.6) is 5.75 Å².